The van der Waals surface area contributed by atoms with Crippen molar-refractivity contribution >= 4 is 46.6 Å². The molecule has 0 saturated carbocycles. The standard InChI is InChI=1S/C25H29Cl2N3O/c1-24(2)21-5-3-4-6-22(21)30-16-12-23(31)28-25(24,30)13-11-19-7-9-20(10-8-19)29(17-14-26)18-15-27/h3-11,13H,12,14-18H2,1-2H3,(H,28,31). The van der Waals surface area contributed by atoms with Gasteiger partial charge in [-0.2, -0.15) is 0 Å². The lowest BCUT2D eigenvalue weighted by molar-refractivity contribution is -0.124. The highest BCUT2D eigenvalue weighted by Crippen LogP contribution is 2.52. The van der Waals surface area contributed by atoms with E-state index < -0.39 is 5.66 Å². The Morgan fingerprint density at radius 1 is 1.06 bits per heavy atom. The summed E-state index contributed by atoms with van der Waals surface area (Å²) in [7, 11) is 0. The monoisotopic (exact) mass is 457 g/mol. The maximum Gasteiger partial charge on any atom is 0.223 e. The van der Waals surface area contributed by atoms with E-state index in [0.29, 0.717) is 24.7 Å². The van der Waals surface area contributed by atoms with Crippen LogP contribution in [0.4, 0.5) is 11.4 Å². The Morgan fingerprint density at radius 2 is 1.74 bits per heavy atom. The van der Waals surface area contributed by atoms with Gasteiger partial charge in [0.05, 0.1) is 0 Å². The molecule has 1 fully saturated rings. The summed E-state index contributed by atoms with van der Waals surface area (Å²) in [6.07, 6.45) is 4.78. The highest BCUT2D eigenvalue weighted by molar-refractivity contribution is 6.18. The zero-order valence-electron chi connectivity index (χ0n) is 18.1. The van der Waals surface area contributed by atoms with Gasteiger partial charge in [0.2, 0.25) is 5.91 Å². The Balaban J connectivity index is 1.66. The summed E-state index contributed by atoms with van der Waals surface area (Å²) in [6.45, 7) is 6.66. The van der Waals surface area contributed by atoms with Crippen LogP contribution in [-0.2, 0) is 10.2 Å². The molecule has 0 spiro atoms. The second-order valence-corrected chi connectivity index (χ2v) is 9.40. The van der Waals surface area contributed by atoms with E-state index in [1.807, 2.05) is 0 Å². The Bertz CT molecular complexity index is 967. The van der Waals surface area contributed by atoms with E-state index in [1.165, 1.54) is 11.3 Å². The van der Waals surface area contributed by atoms with Crippen LogP contribution in [0.2, 0.25) is 0 Å². The summed E-state index contributed by atoms with van der Waals surface area (Å²) in [6, 6.07) is 16.9. The number of amides is 1. The van der Waals surface area contributed by atoms with Crippen molar-refractivity contribution in [1.82, 2.24) is 5.32 Å². The number of hydrogen-bond donors (Lipinski definition) is 1. The first-order valence-corrected chi connectivity index (χ1v) is 11.8. The molecule has 4 nitrogen and oxygen atoms in total. The lowest BCUT2D eigenvalue weighted by atomic mass is 9.74. The number of nitrogens with zero attached hydrogens (tertiary/aromatic N) is 2. The number of para-hydroxylation sites is 1. The highest BCUT2D eigenvalue weighted by atomic mass is 35.5. The quantitative estimate of drug-likeness (QED) is 0.594. The van der Waals surface area contributed by atoms with E-state index in [9.17, 15) is 4.79 Å². The molecule has 6 heteroatoms. The molecule has 2 aromatic carbocycles. The third-order valence-corrected chi connectivity index (χ3v) is 6.96. The average Bonchev–Trinajstić information content (AvgIpc) is 2.96. The van der Waals surface area contributed by atoms with Gasteiger partial charge in [0, 0.05) is 54.6 Å². The van der Waals surface area contributed by atoms with Crippen molar-refractivity contribution in [3.05, 3.63) is 65.7 Å². The minimum absolute atomic E-state index is 0.0925. The molecule has 1 atom stereocenters. The number of anilines is 2. The summed E-state index contributed by atoms with van der Waals surface area (Å²) in [5.74, 6) is 1.22. The number of carbonyl (C=O) groups excluding carboxylic acids is 1. The SMILES string of the molecule is CC1(C)c2ccccc2N2CCC(=O)NC21C=Cc1ccc(N(CCCl)CCCl)cc1. The summed E-state index contributed by atoms with van der Waals surface area (Å²) in [5, 5.41) is 3.33. The largest absolute Gasteiger partial charge is 0.369 e. The molecular weight excluding hydrogens is 429 g/mol. The van der Waals surface area contributed by atoms with Gasteiger partial charge in [0.1, 0.15) is 5.66 Å². The summed E-state index contributed by atoms with van der Waals surface area (Å²) in [4.78, 5) is 17.0. The fraction of sp³-hybridized carbons (Fsp3) is 0.400. The van der Waals surface area contributed by atoms with Crippen LogP contribution in [0.3, 0.4) is 0 Å². The van der Waals surface area contributed by atoms with Gasteiger partial charge in [-0.15, -0.1) is 23.2 Å². The Labute approximate surface area is 194 Å². The van der Waals surface area contributed by atoms with E-state index in [4.69, 9.17) is 23.2 Å². The van der Waals surface area contributed by atoms with Gasteiger partial charge in [0.15, 0.2) is 0 Å². The molecule has 2 aromatic rings. The maximum absolute atomic E-state index is 12.5. The molecule has 1 amide bonds. The first-order chi connectivity index (χ1) is 14.9. The molecule has 0 aromatic heterocycles. The topological polar surface area (TPSA) is 35.6 Å². The molecule has 31 heavy (non-hydrogen) atoms. The van der Waals surface area contributed by atoms with Crippen LogP contribution in [0.1, 0.15) is 31.4 Å². The number of benzene rings is 2. The Kier molecular flexibility index (Phi) is 6.23. The molecule has 164 valence electrons. The molecule has 1 saturated heterocycles. The number of nitrogens with one attached hydrogen (secondary N) is 1. The lowest BCUT2D eigenvalue weighted by Gasteiger charge is -2.49. The minimum atomic E-state index is -0.589. The van der Waals surface area contributed by atoms with Crippen LogP contribution >= 0.6 is 23.2 Å². The molecule has 2 aliphatic rings. The van der Waals surface area contributed by atoms with Crippen LogP contribution in [0.5, 0.6) is 0 Å². The van der Waals surface area contributed by atoms with Gasteiger partial charge >= 0.3 is 0 Å². The van der Waals surface area contributed by atoms with Crippen LogP contribution in [0.15, 0.2) is 54.6 Å². The third-order valence-electron chi connectivity index (χ3n) is 6.62. The Morgan fingerprint density at radius 3 is 2.42 bits per heavy atom. The molecule has 0 radical (unpaired) electrons. The maximum atomic E-state index is 12.5. The second kappa shape index (κ2) is 8.76. The van der Waals surface area contributed by atoms with Crippen molar-refractivity contribution < 1.29 is 4.79 Å². The Hall–Kier alpha value is -2.17. The van der Waals surface area contributed by atoms with Crippen molar-refractivity contribution in [1.29, 1.82) is 0 Å². The third kappa shape index (κ3) is 3.81. The van der Waals surface area contributed by atoms with Crippen LogP contribution in [-0.4, -0.2) is 43.0 Å². The van der Waals surface area contributed by atoms with E-state index in [-0.39, 0.29) is 11.3 Å². The molecule has 1 unspecified atom stereocenters. The zero-order chi connectivity index (χ0) is 22.1. The van der Waals surface area contributed by atoms with Crippen molar-refractivity contribution in [2.45, 2.75) is 31.3 Å². The number of fused-ring (bicyclic) bond motifs is 3. The molecule has 2 aliphatic heterocycles. The normalized spacial score (nSPS) is 21.7. The molecular formula is C25H29Cl2N3O. The van der Waals surface area contributed by atoms with E-state index in [0.717, 1.165) is 24.3 Å². The van der Waals surface area contributed by atoms with Gasteiger partial charge in [-0.05, 0) is 35.4 Å². The number of halogens is 2. The molecule has 0 aliphatic carbocycles. The average molecular weight is 458 g/mol. The first-order valence-electron chi connectivity index (χ1n) is 10.8. The second-order valence-electron chi connectivity index (χ2n) is 8.65. The first kappa shape index (κ1) is 22.0. The fourth-order valence-electron chi connectivity index (χ4n) is 4.91. The van der Waals surface area contributed by atoms with E-state index in [2.05, 4.69) is 89.6 Å². The number of rotatable bonds is 7. The zero-order valence-corrected chi connectivity index (χ0v) is 19.6. The predicted molar refractivity (Wildman–Crippen MR) is 131 cm³/mol. The predicted octanol–water partition coefficient (Wildman–Crippen LogP) is 5.00. The number of carbonyl (C=O) groups is 1. The van der Waals surface area contributed by atoms with Gasteiger partial charge < -0.3 is 15.1 Å². The minimum Gasteiger partial charge on any atom is -0.369 e. The van der Waals surface area contributed by atoms with Crippen molar-refractivity contribution in [2.24, 2.45) is 0 Å². The number of alkyl halides is 2. The van der Waals surface area contributed by atoms with Gasteiger partial charge in [-0.3, -0.25) is 4.79 Å². The molecule has 0 bridgehead atoms. The van der Waals surface area contributed by atoms with Crippen molar-refractivity contribution in [3.63, 3.8) is 0 Å². The van der Waals surface area contributed by atoms with Crippen LogP contribution < -0.4 is 15.1 Å². The van der Waals surface area contributed by atoms with Crippen molar-refractivity contribution in [3.8, 4) is 0 Å². The molecule has 1 N–H and O–H groups in total. The van der Waals surface area contributed by atoms with E-state index >= 15 is 0 Å². The summed E-state index contributed by atoms with van der Waals surface area (Å²) < 4.78 is 0. The fourth-order valence-corrected chi connectivity index (χ4v) is 5.31. The summed E-state index contributed by atoms with van der Waals surface area (Å²) in [5.41, 5.74) is 3.79. The molecule has 4 rings (SSSR count). The lowest BCUT2D eigenvalue weighted by Crippen LogP contribution is -2.68. The van der Waals surface area contributed by atoms with Crippen LogP contribution in [0.25, 0.3) is 6.08 Å². The van der Waals surface area contributed by atoms with Crippen molar-refractivity contribution in [2.75, 3.05) is 41.2 Å². The summed E-state index contributed by atoms with van der Waals surface area (Å²) >= 11 is 11.9. The smallest absolute Gasteiger partial charge is 0.223 e. The van der Waals surface area contributed by atoms with E-state index in [1.54, 1.807) is 0 Å². The van der Waals surface area contributed by atoms with Gasteiger partial charge in [-0.25, -0.2) is 0 Å². The van der Waals surface area contributed by atoms with Crippen LogP contribution in [0, 0.1) is 0 Å². The van der Waals surface area contributed by atoms with Gasteiger partial charge in [0.25, 0.3) is 0 Å². The highest BCUT2D eigenvalue weighted by Gasteiger charge is 2.57. The molecule has 2 heterocycles. The van der Waals surface area contributed by atoms with Gasteiger partial charge in [-0.1, -0.05) is 50.3 Å². The number of hydrogen-bond acceptors (Lipinski definition) is 3.